The number of hydrogen-bond donors (Lipinski definition) is 0. The van der Waals surface area contributed by atoms with Crippen LogP contribution in [-0.2, 0) is 6.61 Å². The fraction of sp³-hybridized carbons (Fsp3) is 0.0833. The zero-order valence-corrected chi connectivity index (χ0v) is 17.1. The van der Waals surface area contributed by atoms with Gasteiger partial charge in [0.1, 0.15) is 6.61 Å². The number of ether oxygens (including phenoxy) is 1. The molecule has 0 fully saturated rings. The minimum absolute atomic E-state index is 0.103. The number of halogens is 2. The summed E-state index contributed by atoms with van der Waals surface area (Å²) < 4.78 is 5.79. The Labute approximate surface area is 178 Å². The van der Waals surface area contributed by atoms with Crippen LogP contribution in [-0.4, -0.2) is 11.6 Å². The summed E-state index contributed by atoms with van der Waals surface area (Å²) in [6, 6.07) is 18.0. The van der Waals surface area contributed by atoms with E-state index in [0.717, 1.165) is 5.56 Å². The number of hydrogen-bond acceptors (Lipinski definition) is 3. The number of carbonyl (C=O) groups is 2. The van der Waals surface area contributed by atoms with Crippen LogP contribution in [0.25, 0.3) is 6.08 Å². The first-order chi connectivity index (χ1) is 13.9. The molecule has 3 nitrogen and oxygen atoms in total. The maximum atomic E-state index is 12.6. The van der Waals surface area contributed by atoms with E-state index >= 15 is 0 Å². The van der Waals surface area contributed by atoms with Gasteiger partial charge in [0, 0.05) is 11.1 Å². The number of aryl methyl sites for hydroxylation is 1. The number of ketones is 2. The lowest BCUT2D eigenvalue weighted by Crippen LogP contribution is -2.00. The van der Waals surface area contributed by atoms with Gasteiger partial charge in [-0.3, -0.25) is 9.59 Å². The van der Waals surface area contributed by atoms with E-state index in [1.807, 2.05) is 31.2 Å². The largest absolute Gasteiger partial charge is 0.486 e. The van der Waals surface area contributed by atoms with Crippen molar-refractivity contribution < 1.29 is 14.3 Å². The fourth-order valence-electron chi connectivity index (χ4n) is 3.21. The van der Waals surface area contributed by atoms with Gasteiger partial charge in [-0.15, -0.1) is 0 Å². The molecule has 0 bridgehead atoms. The summed E-state index contributed by atoms with van der Waals surface area (Å²) >= 11 is 12.7. The van der Waals surface area contributed by atoms with Crippen molar-refractivity contribution in [1.82, 2.24) is 0 Å². The van der Waals surface area contributed by atoms with Crippen molar-refractivity contribution in [2.45, 2.75) is 13.5 Å². The van der Waals surface area contributed by atoms with Gasteiger partial charge in [-0.05, 0) is 36.3 Å². The zero-order chi connectivity index (χ0) is 20.5. The van der Waals surface area contributed by atoms with E-state index in [-0.39, 0.29) is 17.1 Å². The maximum absolute atomic E-state index is 12.6. The van der Waals surface area contributed by atoms with Gasteiger partial charge < -0.3 is 4.74 Å². The van der Waals surface area contributed by atoms with Crippen molar-refractivity contribution in [3.05, 3.63) is 104 Å². The molecule has 0 heterocycles. The third-order valence-corrected chi connectivity index (χ3v) is 5.30. The van der Waals surface area contributed by atoms with Crippen molar-refractivity contribution in [3.63, 3.8) is 0 Å². The van der Waals surface area contributed by atoms with Gasteiger partial charge in [0.15, 0.2) is 17.3 Å². The molecule has 3 aromatic carbocycles. The summed E-state index contributed by atoms with van der Waals surface area (Å²) in [6.45, 7) is 2.34. The van der Waals surface area contributed by atoms with E-state index in [2.05, 4.69) is 0 Å². The smallest absolute Gasteiger partial charge is 0.197 e. The van der Waals surface area contributed by atoms with E-state index in [1.54, 1.807) is 36.4 Å². The van der Waals surface area contributed by atoms with E-state index in [1.165, 1.54) is 11.6 Å². The molecule has 4 rings (SSSR count). The first-order valence-corrected chi connectivity index (χ1v) is 9.77. The minimum atomic E-state index is -0.294. The van der Waals surface area contributed by atoms with Crippen LogP contribution in [0.4, 0.5) is 0 Å². The van der Waals surface area contributed by atoms with Crippen molar-refractivity contribution >= 4 is 40.8 Å². The summed E-state index contributed by atoms with van der Waals surface area (Å²) in [6.07, 6.45) is 1.52. The Bertz CT molecular complexity index is 1100. The molecule has 0 radical (unpaired) electrons. The first kappa shape index (κ1) is 19.4. The molecule has 0 unspecified atom stereocenters. The summed E-state index contributed by atoms with van der Waals surface area (Å²) in [5.41, 5.74) is 3.66. The number of carbonyl (C=O) groups excluding carboxylic acids is 2. The quantitative estimate of drug-likeness (QED) is 0.363. The highest BCUT2D eigenvalue weighted by Crippen LogP contribution is 2.36. The van der Waals surface area contributed by atoms with Crippen molar-refractivity contribution in [2.24, 2.45) is 0 Å². The number of rotatable bonds is 4. The van der Waals surface area contributed by atoms with Crippen molar-refractivity contribution in [3.8, 4) is 5.75 Å². The highest BCUT2D eigenvalue weighted by Gasteiger charge is 2.32. The molecule has 0 N–H and O–H groups in total. The van der Waals surface area contributed by atoms with Crippen LogP contribution in [0.1, 0.15) is 37.4 Å². The van der Waals surface area contributed by atoms with E-state index in [9.17, 15) is 9.59 Å². The lowest BCUT2D eigenvalue weighted by molar-refractivity contribution is 0.0990. The van der Waals surface area contributed by atoms with Crippen LogP contribution in [0.5, 0.6) is 5.75 Å². The number of fused-ring (bicyclic) bond motifs is 1. The molecule has 0 spiro atoms. The lowest BCUT2D eigenvalue weighted by Gasteiger charge is -2.11. The molecule has 5 heteroatoms. The highest BCUT2D eigenvalue weighted by atomic mass is 35.5. The molecule has 0 aromatic heterocycles. The average molecular weight is 423 g/mol. The molecule has 29 heavy (non-hydrogen) atoms. The van der Waals surface area contributed by atoms with Crippen LogP contribution in [0.2, 0.25) is 10.0 Å². The van der Waals surface area contributed by atoms with E-state index in [4.69, 9.17) is 27.9 Å². The Balaban J connectivity index is 1.59. The Hall–Kier alpha value is -2.88. The fourth-order valence-corrected chi connectivity index (χ4v) is 3.82. The Morgan fingerprint density at radius 1 is 0.862 bits per heavy atom. The number of benzene rings is 3. The molecule has 0 aliphatic heterocycles. The summed E-state index contributed by atoms with van der Waals surface area (Å²) in [7, 11) is 0. The third kappa shape index (κ3) is 3.84. The van der Waals surface area contributed by atoms with Crippen molar-refractivity contribution in [1.29, 1.82) is 0 Å². The molecular formula is C24H16Cl2O3. The van der Waals surface area contributed by atoms with E-state index in [0.29, 0.717) is 39.1 Å². The Kier molecular flexibility index (Phi) is 5.27. The van der Waals surface area contributed by atoms with Crippen LogP contribution >= 0.6 is 23.2 Å². The Morgan fingerprint density at radius 2 is 1.41 bits per heavy atom. The normalized spacial score (nSPS) is 12.9. The van der Waals surface area contributed by atoms with Crippen molar-refractivity contribution in [2.75, 3.05) is 0 Å². The molecular weight excluding hydrogens is 407 g/mol. The molecule has 3 aromatic rings. The molecule has 0 amide bonds. The second-order valence-electron chi connectivity index (χ2n) is 6.85. The zero-order valence-electron chi connectivity index (χ0n) is 15.5. The highest BCUT2D eigenvalue weighted by molar-refractivity contribution is 6.41. The second kappa shape index (κ2) is 7.86. The Morgan fingerprint density at radius 3 is 1.97 bits per heavy atom. The third-order valence-electron chi connectivity index (χ3n) is 4.74. The molecule has 1 aliphatic rings. The van der Waals surface area contributed by atoms with Gasteiger partial charge >= 0.3 is 0 Å². The molecule has 1 aliphatic carbocycles. The molecule has 0 atom stereocenters. The molecule has 0 saturated heterocycles. The average Bonchev–Trinajstić information content (AvgIpc) is 2.94. The van der Waals surface area contributed by atoms with E-state index < -0.39 is 0 Å². The summed E-state index contributed by atoms with van der Waals surface area (Å²) in [5, 5.41) is 0.624. The van der Waals surface area contributed by atoms with Crippen LogP contribution < -0.4 is 4.74 Å². The summed E-state index contributed by atoms with van der Waals surface area (Å²) in [4.78, 5) is 25.1. The van der Waals surface area contributed by atoms with Gasteiger partial charge in [-0.1, -0.05) is 77.3 Å². The first-order valence-electron chi connectivity index (χ1n) is 9.01. The lowest BCUT2D eigenvalue weighted by atomic mass is 10.1. The number of allylic oxidation sites excluding steroid dienone is 1. The maximum Gasteiger partial charge on any atom is 0.197 e. The molecule has 0 saturated carbocycles. The predicted molar refractivity (Wildman–Crippen MR) is 115 cm³/mol. The topological polar surface area (TPSA) is 43.4 Å². The monoisotopic (exact) mass is 422 g/mol. The van der Waals surface area contributed by atoms with Gasteiger partial charge in [0.05, 0.1) is 15.6 Å². The predicted octanol–water partition coefficient (Wildman–Crippen LogP) is 6.34. The molecule has 144 valence electrons. The van der Waals surface area contributed by atoms with Crippen LogP contribution in [0.3, 0.4) is 0 Å². The van der Waals surface area contributed by atoms with Crippen LogP contribution in [0.15, 0.2) is 66.2 Å². The SMILES string of the molecule is Cc1ccc(COc2c(Cl)cc(C=C3C(=O)c4ccccc4C3=O)cc2Cl)cc1. The summed E-state index contributed by atoms with van der Waals surface area (Å²) in [5.74, 6) is -0.224. The van der Waals surface area contributed by atoms with Crippen LogP contribution in [0, 0.1) is 6.92 Å². The van der Waals surface area contributed by atoms with Gasteiger partial charge in [-0.2, -0.15) is 0 Å². The minimum Gasteiger partial charge on any atom is -0.486 e. The standard InChI is InChI=1S/C24H16Cl2O3/c1-14-6-8-15(9-7-14)13-29-24-20(25)11-16(12-21(24)26)10-19-22(27)17-4-2-3-5-18(17)23(19)28/h2-12H,13H2,1H3. The van der Waals surface area contributed by atoms with Gasteiger partial charge in [0.2, 0.25) is 0 Å². The van der Waals surface area contributed by atoms with Gasteiger partial charge in [0.25, 0.3) is 0 Å². The van der Waals surface area contributed by atoms with Gasteiger partial charge in [-0.25, -0.2) is 0 Å². The second-order valence-corrected chi connectivity index (χ2v) is 7.66. The number of Topliss-reactive ketones (excluding diaryl/α,β-unsaturated/α-hetero) is 2.